The Kier molecular flexibility index (Phi) is 6.36. The van der Waals surface area contributed by atoms with Gasteiger partial charge in [-0.25, -0.2) is 4.79 Å². The molecule has 0 atom stereocenters. The van der Waals surface area contributed by atoms with Crippen LogP contribution >= 0.6 is 0 Å². The Morgan fingerprint density at radius 1 is 0.967 bits per heavy atom. The number of hydrogen-bond acceptors (Lipinski definition) is 6. The molecule has 1 heterocycles. The van der Waals surface area contributed by atoms with Crippen LogP contribution in [0.1, 0.15) is 46.9 Å². The first-order chi connectivity index (χ1) is 14.4. The van der Waals surface area contributed by atoms with Crippen LogP contribution in [0.25, 0.3) is 0 Å². The standard InChI is InChI=1S/C22H20N2O6/c1-2-19(26)23-16-8-6-14(7-9-16)18(25)13-30-22(29)15-4-3-5-17(12-15)24-20(27)10-11-21(24)28/h3-9,12H,2,10-11,13H2,1H3,(H,23,26). The summed E-state index contributed by atoms with van der Waals surface area (Å²) in [7, 11) is 0. The Balaban J connectivity index is 1.61. The number of carbonyl (C=O) groups is 5. The molecule has 8 heteroatoms. The van der Waals surface area contributed by atoms with Crippen LogP contribution in [-0.2, 0) is 19.1 Å². The van der Waals surface area contributed by atoms with Gasteiger partial charge in [0.15, 0.2) is 12.4 Å². The molecule has 154 valence electrons. The van der Waals surface area contributed by atoms with E-state index in [9.17, 15) is 24.0 Å². The van der Waals surface area contributed by atoms with Gasteiger partial charge in [-0.15, -0.1) is 0 Å². The van der Waals surface area contributed by atoms with Crippen molar-refractivity contribution in [1.82, 2.24) is 0 Å². The van der Waals surface area contributed by atoms with Crippen LogP contribution in [0.2, 0.25) is 0 Å². The van der Waals surface area contributed by atoms with E-state index in [2.05, 4.69) is 5.32 Å². The van der Waals surface area contributed by atoms with Crippen LogP contribution in [0, 0.1) is 0 Å². The average Bonchev–Trinajstić information content (AvgIpc) is 3.10. The molecule has 1 aliphatic heterocycles. The van der Waals surface area contributed by atoms with Crippen molar-refractivity contribution in [2.75, 3.05) is 16.8 Å². The monoisotopic (exact) mass is 408 g/mol. The number of rotatable bonds is 7. The average molecular weight is 408 g/mol. The number of amides is 3. The van der Waals surface area contributed by atoms with Crippen molar-refractivity contribution in [3.63, 3.8) is 0 Å². The molecule has 0 radical (unpaired) electrons. The quantitative estimate of drug-likeness (QED) is 0.429. The number of hydrogen-bond donors (Lipinski definition) is 1. The van der Waals surface area contributed by atoms with Gasteiger partial charge < -0.3 is 10.1 Å². The van der Waals surface area contributed by atoms with Gasteiger partial charge in [0.05, 0.1) is 11.3 Å². The van der Waals surface area contributed by atoms with Gasteiger partial charge in [-0.2, -0.15) is 0 Å². The molecule has 3 amide bonds. The number of nitrogens with zero attached hydrogens (tertiary/aromatic N) is 1. The summed E-state index contributed by atoms with van der Waals surface area (Å²) in [5.41, 5.74) is 1.33. The van der Waals surface area contributed by atoms with Crippen molar-refractivity contribution in [2.45, 2.75) is 26.2 Å². The third-order valence-corrected chi connectivity index (χ3v) is 4.54. The highest BCUT2D eigenvalue weighted by molar-refractivity contribution is 6.20. The zero-order valence-electron chi connectivity index (χ0n) is 16.3. The summed E-state index contributed by atoms with van der Waals surface area (Å²) < 4.78 is 5.08. The first kappa shape index (κ1) is 20.9. The molecule has 1 fully saturated rings. The number of imide groups is 1. The molecule has 0 spiro atoms. The van der Waals surface area contributed by atoms with Gasteiger partial charge in [0.2, 0.25) is 17.7 Å². The maximum absolute atomic E-state index is 12.3. The van der Waals surface area contributed by atoms with Crippen molar-refractivity contribution in [3.05, 3.63) is 59.7 Å². The van der Waals surface area contributed by atoms with E-state index in [0.29, 0.717) is 23.4 Å². The van der Waals surface area contributed by atoms with Crippen LogP contribution < -0.4 is 10.2 Å². The Bertz CT molecular complexity index is 997. The van der Waals surface area contributed by atoms with Gasteiger partial charge in [-0.3, -0.25) is 24.1 Å². The second-order valence-electron chi connectivity index (χ2n) is 6.65. The van der Waals surface area contributed by atoms with E-state index in [1.54, 1.807) is 25.1 Å². The van der Waals surface area contributed by atoms with Crippen LogP contribution in [0.15, 0.2) is 48.5 Å². The van der Waals surface area contributed by atoms with Gasteiger partial charge in [-0.1, -0.05) is 13.0 Å². The van der Waals surface area contributed by atoms with E-state index >= 15 is 0 Å². The third-order valence-electron chi connectivity index (χ3n) is 4.54. The normalized spacial score (nSPS) is 13.3. The minimum atomic E-state index is -0.740. The SMILES string of the molecule is CCC(=O)Nc1ccc(C(=O)COC(=O)c2cccc(N3C(=O)CCC3=O)c2)cc1. The highest BCUT2D eigenvalue weighted by atomic mass is 16.5. The van der Waals surface area contributed by atoms with E-state index in [4.69, 9.17) is 4.74 Å². The second kappa shape index (κ2) is 9.13. The molecule has 3 rings (SSSR count). The fourth-order valence-electron chi connectivity index (χ4n) is 2.92. The van der Waals surface area contributed by atoms with E-state index in [0.717, 1.165) is 4.90 Å². The smallest absolute Gasteiger partial charge is 0.338 e. The van der Waals surface area contributed by atoms with Crippen molar-refractivity contribution >= 4 is 40.8 Å². The lowest BCUT2D eigenvalue weighted by molar-refractivity contribution is -0.121. The lowest BCUT2D eigenvalue weighted by atomic mass is 10.1. The minimum absolute atomic E-state index is 0.130. The van der Waals surface area contributed by atoms with Gasteiger partial charge in [0.25, 0.3) is 0 Å². The van der Waals surface area contributed by atoms with Gasteiger partial charge in [-0.05, 0) is 42.5 Å². The Labute approximate surface area is 172 Å². The molecular formula is C22H20N2O6. The molecule has 1 aliphatic rings. The molecule has 0 bridgehead atoms. The lowest BCUT2D eigenvalue weighted by Gasteiger charge is -2.14. The summed E-state index contributed by atoms with van der Waals surface area (Å²) in [6.07, 6.45) is 0.629. The predicted molar refractivity (Wildman–Crippen MR) is 108 cm³/mol. The number of anilines is 2. The maximum atomic E-state index is 12.3. The Morgan fingerprint density at radius 3 is 2.27 bits per heavy atom. The van der Waals surface area contributed by atoms with Gasteiger partial charge in [0.1, 0.15) is 0 Å². The minimum Gasteiger partial charge on any atom is -0.454 e. The largest absolute Gasteiger partial charge is 0.454 e. The van der Waals surface area contributed by atoms with E-state index in [1.165, 1.54) is 30.3 Å². The molecular weight excluding hydrogens is 388 g/mol. The first-order valence-corrected chi connectivity index (χ1v) is 9.45. The number of ketones is 1. The van der Waals surface area contributed by atoms with Crippen LogP contribution in [0.3, 0.4) is 0 Å². The number of Topliss-reactive ketones (excluding diaryl/α,β-unsaturated/α-hetero) is 1. The maximum Gasteiger partial charge on any atom is 0.338 e. The molecule has 30 heavy (non-hydrogen) atoms. The first-order valence-electron chi connectivity index (χ1n) is 9.45. The Morgan fingerprint density at radius 2 is 1.63 bits per heavy atom. The van der Waals surface area contributed by atoms with E-state index < -0.39 is 18.4 Å². The summed E-state index contributed by atoms with van der Waals surface area (Å²) in [5, 5.41) is 2.68. The summed E-state index contributed by atoms with van der Waals surface area (Å²) >= 11 is 0. The van der Waals surface area contributed by atoms with Gasteiger partial charge >= 0.3 is 5.97 Å². The van der Waals surface area contributed by atoms with Crippen molar-refractivity contribution in [3.8, 4) is 0 Å². The van der Waals surface area contributed by atoms with Crippen LogP contribution in [0.5, 0.6) is 0 Å². The van der Waals surface area contributed by atoms with E-state index in [1.807, 2.05) is 0 Å². The summed E-state index contributed by atoms with van der Waals surface area (Å²) in [5.74, 6) is -1.92. The fourth-order valence-corrected chi connectivity index (χ4v) is 2.92. The molecule has 0 aromatic heterocycles. The Hall–Kier alpha value is -3.81. The fraction of sp³-hybridized carbons (Fsp3) is 0.227. The van der Waals surface area contributed by atoms with Crippen molar-refractivity contribution < 1.29 is 28.7 Å². The lowest BCUT2D eigenvalue weighted by Crippen LogP contribution is -2.28. The van der Waals surface area contributed by atoms with Crippen molar-refractivity contribution in [2.24, 2.45) is 0 Å². The summed E-state index contributed by atoms with van der Waals surface area (Å²) in [6, 6.07) is 12.2. The van der Waals surface area contributed by atoms with E-state index in [-0.39, 0.29) is 36.1 Å². The molecule has 0 aliphatic carbocycles. The molecule has 2 aromatic rings. The molecule has 1 saturated heterocycles. The van der Waals surface area contributed by atoms with Crippen molar-refractivity contribution in [1.29, 1.82) is 0 Å². The number of ether oxygens (including phenoxy) is 1. The molecule has 0 unspecified atom stereocenters. The van der Waals surface area contributed by atoms with Crippen LogP contribution in [0.4, 0.5) is 11.4 Å². The summed E-state index contributed by atoms with van der Waals surface area (Å²) in [6.45, 7) is 1.27. The number of esters is 1. The number of nitrogens with one attached hydrogen (secondary N) is 1. The molecule has 2 aromatic carbocycles. The van der Waals surface area contributed by atoms with Crippen LogP contribution in [-0.4, -0.2) is 36.1 Å². The molecule has 8 nitrogen and oxygen atoms in total. The van der Waals surface area contributed by atoms with Gasteiger partial charge in [0, 0.05) is 30.5 Å². The number of benzene rings is 2. The predicted octanol–water partition coefficient (Wildman–Crippen LogP) is 2.73. The molecule has 1 N–H and O–H groups in total. The topological polar surface area (TPSA) is 110 Å². The number of carbonyl (C=O) groups excluding carboxylic acids is 5. The second-order valence-corrected chi connectivity index (χ2v) is 6.65. The summed E-state index contributed by atoms with van der Waals surface area (Å²) in [4.78, 5) is 60.7. The third kappa shape index (κ3) is 4.78. The zero-order chi connectivity index (χ0) is 21.7. The highest BCUT2D eigenvalue weighted by Gasteiger charge is 2.30. The zero-order valence-corrected chi connectivity index (χ0v) is 16.3. The molecule has 0 saturated carbocycles. The highest BCUT2D eigenvalue weighted by Crippen LogP contribution is 2.23.